The van der Waals surface area contributed by atoms with Gasteiger partial charge >= 0.3 is 6.03 Å². The first kappa shape index (κ1) is 28.4. The quantitative estimate of drug-likeness (QED) is 0.180. The minimum atomic E-state index is -0.868. The maximum absolute atomic E-state index is 13.2. The first-order chi connectivity index (χ1) is 18.7. The van der Waals surface area contributed by atoms with Gasteiger partial charge in [-0.25, -0.2) is 9.69 Å². The molecule has 12 heteroatoms. The van der Waals surface area contributed by atoms with Gasteiger partial charge in [-0.2, -0.15) is 0 Å². The van der Waals surface area contributed by atoms with Crippen LogP contribution in [-0.2, 0) is 14.4 Å². The Morgan fingerprint density at radius 1 is 1.05 bits per heavy atom. The van der Waals surface area contributed by atoms with Crippen LogP contribution >= 0.6 is 45.8 Å². The zero-order valence-electron chi connectivity index (χ0n) is 20.3. The number of rotatable bonds is 8. The molecule has 0 aromatic heterocycles. The SMILES string of the molecule is CCOc1cc(/C=C2/C(=O)NC(=O)N(c3ccc(Cl)cc3)C2=O)cc(I)c1OCC(=O)Nc1ccccc1Cl. The molecule has 0 unspecified atom stereocenters. The number of urea groups is 1. The second-order valence-electron chi connectivity index (χ2n) is 8.01. The highest BCUT2D eigenvalue weighted by molar-refractivity contribution is 14.1. The van der Waals surface area contributed by atoms with E-state index in [0.29, 0.717) is 36.4 Å². The topological polar surface area (TPSA) is 114 Å². The Kier molecular flexibility index (Phi) is 9.10. The van der Waals surface area contributed by atoms with Crippen LogP contribution in [0, 0.1) is 3.57 Å². The van der Waals surface area contributed by atoms with Gasteiger partial charge in [-0.15, -0.1) is 0 Å². The molecule has 9 nitrogen and oxygen atoms in total. The fourth-order valence-electron chi connectivity index (χ4n) is 3.61. The van der Waals surface area contributed by atoms with Gasteiger partial charge in [0, 0.05) is 5.02 Å². The van der Waals surface area contributed by atoms with E-state index in [1.165, 1.54) is 30.3 Å². The summed E-state index contributed by atoms with van der Waals surface area (Å²) in [4.78, 5) is 51.5. The van der Waals surface area contributed by atoms with Crippen LogP contribution < -0.4 is 25.0 Å². The predicted octanol–water partition coefficient (Wildman–Crippen LogP) is 5.68. The van der Waals surface area contributed by atoms with Crippen LogP contribution in [0.5, 0.6) is 11.5 Å². The number of hydrogen-bond acceptors (Lipinski definition) is 6. The van der Waals surface area contributed by atoms with E-state index >= 15 is 0 Å². The minimum Gasteiger partial charge on any atom is -0.490 e. The molecule has 3 aromatic carbocycles. The highest BCUT2D eigenvalue weighted by atomic mass is 127. The van der Waals surface area contributed by atoms with Crippen LogP contribution in [-0.4, -0.2) is 37.0 Å². The van der Waals surface area contributed by atoms with Crippen LogP contribution in [0.25, 0.3) is 6.08 Å². The van der Waals surface area contributed by atoms with Gasteiger partial charge in [-0.1, -0.05) is 35.3 Å². The fraction of sp³-hybridized carbons (Fsp3) is 0.111. The molecule has 4 rings (SSSR count). The number of ether oxygens (including phenoxy) is 2. The molecule has 1 aliphatic rings. The molecule has 1 saturated heterocycles. The lowest BCUT2D eigenvalue weighted by molar-refractivity contribution is -0.122. The number of amides is 5. The Bertz CT molecular complexity index is 1490. The van der Waals surface area contributed by atoms with Crippen LogP contribution in [0.4, 0.5) is 16.2 Å². The number of carbonyl (C=O) groups is 4. The van der Waals surface area contributed by atoms with Crippen molar-refractivity contribution in [3.8, 4) is 11.5 Å². The van der Waals surface area contributed by atoms with Gasteiger partial charge < -0.3 is 14.8 Å². The molecule has 2 N–H and O–H groups in total. The van der Waals surface area contributed by atoms with Crippen molar-refractivity contribution in [3.63, 3.8) is 0 Å². The van der Waals surface area contributed by atoms with Crippen molar-refractivity contribution in [2.45, 2.75) is 6.92 Å². The molecule has 3 aromatic rings. The van der Waals surface area contributed by atoms with Crippen molar-refractivity contribution in [1.29, 1.82) is 0 Å². The van der Waals surface area contributed by atoms with Crippen molar-refractivity contribution in [2.75, 3.05) is 23.4 Å². The Balaban J connectivity index is 1.58. The maximum Gasteiger partial charge on any atom is 0.335 e. The molecule has 5 amide bonds. The van der Waals surface area contributed by atoms with Gasteiger partial charge in [0.05, 0.1) is 26.6 Å². The number of imide groups is 2. The van der Waals surface area contributed by atoms with Crippen molar-refractivity contribution >= 4 is 87.0 Å². The second-order valence-corrected chi connectivity index (χ2v) is 10.0. The molecule has 1 fully saturated rings. The Morgan fingerprint density at radius 3 is 2.46 bits per heavy atom. The van der Waals surface area contributed by atoms with Gasteiger partial charge in [0.15, 0.2) is 18.1 Å². The van der Waals surface area contributed by atoms with E-state index < -0.39 is 23.8 Å². The summed E-state index contributed by atoms with van der Waals surface area (Å²) in [5.74, 6) is -1.44. The Morgan fingerprint density at radius 2 is 1.77 bits per heavy atom. The molecule has 0 radical (unpaired) electrons. The van der Waals surface area contributed by atoms with Crippen LogP contribution in [0.3, 0.4) is 0 Å². The molecule has 0 aliphatic carbocycles. The van der Waals surface area contributed by atoms with E-state index in [0.717, 1.165) is 4.90 Å². The number of para-hydroxylation sites is 1. The predicted molar refractivity (Wildman–Crippen MR) is 156 cm³/mol. The summed E-state index contributed by atoms with van der Waals surface area (Å²) < 4.78 is 12.0. The molecule has 0 saturated carbocycles. The number of halogens is 3. The van der Waals surface area contributed by atoms with E-state index in [9.17, 15) is 19.2 Å². The summed E-state index contributed by atoms with van der Waals surface area (Å²) in [5, 5.41) is 5.68. The second kappa shape index (κ2) is 12.5. The molecule has 200 valence electrons. The van der Waals surface area contributed by atoms with Crippen molar-refractivity contribution < 1.29 is 28.7 Å². The van der Waals surface area contributed by atoms with E-state index in [1.807, 2.05) is 22.6 Å². The van der Waals surface area contributed by atoms with Gasteiger partial charge in [-0.05, 0) is 89.7 Å². The number of hydrogen-bond donors (Lipinski definition) is 2. The lowest BCUT2D eigenvalue weighted by Crippen LogP contribution is -2.54. The monoisotopic (exact) mass is 679 g/mol. The molecular weight excluding hydrogens is 660 g/mol. The largest absolute Gasteiger partial charge is 0.490 e. The van der Waals surface area contributed by atoms with Gasteiger partial charge in [-0.3, -0.25) is 19.7 Å². The van der Waals surface area contributed by atoms with Crippen LogP contribution in [0.15, 0.2) is 66.2 Å². The number of benzene rings is 3. The standard InChI is InChI=1S/C27H20Cl2IN3O6/c1-2-38-22-13-15(12-20(30)24(22)39-14-23(34)31-21-6-4-3-5-19(21)29)11-18-25(35)32-27(37)33(26(18)36)17-9-7-16(28)8-10-17/h3-13H,2,14H2,1H3,(H,31,34)(H,32,35,37)/b18-11-. The average Bonchev–Trinajstić information content (AvgIpc) is 2.88. The summed E-state index contributed by atoms with van der Waals surface area (Å²) in [5.41, 5.74) is 0.898. The third kappa shape index (κ3) is 6.70. The summed E-state index contributed by atoms with van der Waals surface area (Å²) in [6.45, 7) is 1.75. The third-order valence-electron chi connectivity index (χ3n) is 5.32. The average molecular weight is 680 g/mol. The Hall–Kier alpha value is -3.61. The number of nitrogens with zero attached hydrogens (tertiary/aromatic N) is 1. The van der Waals surface area contributed by atoms with Gasteiger partial charge in [0.2, 0.25) is 0 Å². The zero-order valence-corrected chi connectivity index (χ0v) is 24.0. The van der Waals surface area contributed by atoms with Crippen LogP contribution in [0.1, 0.15) is 12.5 Å². The van der Waals surface area contributed by atoms with E-state index in [-0.39, 0.29) is 24.5 Å². The highest BCUT2D eigenvalue weighted by Gasteiger charge is 2.36. The fourth-order valence-corrected chi connectivity index (χ4v) is 4.70. The van der Waals surface area contributed by atoms with Crippen molar-refractivity contribution in [3.05, 3.63) is 85.4 Å². The zero-order chi connectivity index (χ0) is 28.1. The number of carbonyl (C=O) groups excluding carboxylic acids is 4. The number of nitrogens with one attached hydrogen (secondary N) is 2. The lowest BCUT2D eigenvalue weighted by Gasteiger charge is -2.26. The van der Waals surface area contributed by atoms with Gasteiger partial charge in [0.25, 0.3) is 17.7 Å². The maximum atomic E-state index is 13.2. The smallest absolute Gasteiger partial charge is 0.335 e. The first-order valence-corrected chi connectivity index (χ1v) is 13.3. The van der Waals surface area contributed by atoms with Crippen molar-refractivity contribution in [2.24, 2.45) is 0 Å². The van der Waals surface area contributed by atoms with E-state index in [2.05, 4.69) is 10.6 Å². The van der Waals surface area contributed by atoms with E-state index in [1.54, 1.807) is 43.3 Å². The minimum absolute atomic E-state index is 0.253. The highest BCUT2D eigenvalue weighted by Crippen LogP contribution is 2.35. The summed E-state index contributed by atoms with van der Waals surface area (Å²) >= 11 is 14.0. The molecule has 1 heterocycles. The molecule has 1 aliphatic heterocycles. The third-order valence-corrected chi connectivity index (χ3v) is 6.71. The molecule has 0 spiro atoms. The normalized spacial score (nSPS) is 14.3. The van der Waals surface area contributed by atoms with E-state index in [4.69, 9.17) is 32.7 Å². The number of anilines is 2. The summed E-state index contributed by atoms with van der Waals surface area (Å²) in [7, 11) is 0. The number of barbiturate groups is 1. The molecule has 39 heavy (non-hydrogen) atoms. The summed E-state index contributed by atoms with van der Waals surface area (Å²) in [6, 6.07) is 15.2. The van der Waals surface area contributed by atoms with Crippen LogP contribution in [0.2, 0.25) is 10.0 Å². The first-order valence-electron chi connectivity index (χ1n) is 11.5. The summed E-state index contributed by atoms with van der Waals surface area (Å²) in [6.07, 6.45) is 1.35. The van der Waals surface area contributed by atoms with Crippen molar-refractivity contribution in [1.82, 2.24) is 5.32 Å². The molecule has 0 atom stereocenters. The molecular formula is C27H20Cl2IN3O6. The lowest BCUT2D eigenvalue weighted by atomic mass is 10.1. The Labute approximate surface area is 247 Å². The molecule has 0 bridgehead atoms. The van der Waals surface area contributed by atoms with Gasteiger partial charge in [0.1, 0.15) is 5.57 Å².